The van der Waals surface area contributed by atoms with E-state index in [9.17, 15) is 22.8 Å². The predicted octanol–water partition coefficient (Wildman–Crippen LogP) is 3.27. The van der Waals surface area contributed by atoms with E-state index in [1.807, 2.05) is 0 Å². The first-order chi connectivity index (χ1) is 14.7. The number of alkyl halides is 3. The number of benzene rings is 1. The van der Waals surface area contributed by atoms with Gasteiger partial charge in [0.15, 0.2) is 6.61 Å². The lowest BCUT2D eigenvalue weighted by Gasteiger charge is -2.35. The Bertz CT molecular complexity index is 946. The Labute approximate surface area is 181 Å². The standard InChI is InChI=1S/C20H19ClF3N3O4/c1-30-19(29)13-2-4-15(5-3-13)31-12-17(28)26-6-8-27(9-7-26)18-16(21)10-14(11-25-18)20(22,23)24/h2-5,10-11H,6-9,12H2,1H3. The first-order valence-electron chi connectivity index (χ1n) is 9.25. The average Bonchev–Trinajstić information content (AvgIpc) is 2.76. The van der Waals surface area contributed by atoms with Crippen LogP contribution in [0.2, 0.25) is 5.02 Å². The van der Waals surface area contributed by atoms with Crippen LogP contribution in [0, 0.1) is 0 Å². The van der Waals surface area contributed by atoms with Gasteiger partial charge in [0.1, 0.15) is 11.6 Å². The molecule has 0 aliphatic carbocycles. The van der Waals surface area contributed by atoms with Gasteiger partial charge in [0.25, 0.3) is 5.91 Å². The van der Waals surface area contributed by atoms with Crippen LogP contribution in [-0.2, 0) is 15.7 Å². The topological polar surface area (TPSA) is 72.0 Å². The van der Waals surface area contributed by atoms with Crippen molar-refractivity contribution in [3.63, 3.8) is 0 Å². The molecular formula is C20H19ClF3N3O4. The van der Waals surface area contributed by atoms with Crippen LogP contribution in [0.4, 0.5) is 19.0 Å². The smallest absolute Gasteiger partial charge is 0.417 e. The van der Waals surface area contributed by atoms with Crippen LogP contribution in [-0.4, -0.2) is 61.7 Å². The maximum atomic E-state index is 12.8. The van der Waals surface area contributed by atoms with E-state index in [0.29, 0.717) is 37.5 Å². The summed E-state index contributed by atoms with van der Waals surface area (Å²) in [6.07, 6.45) is -3.77. The minimum atomic E-state index is -4.51. The highest BCUT2D eigenvalue weighted by Crippen LogP contribution is 2.33. The van der Waals surface area contributed by atoms with Gasteiger partial charge in [-0.05, 0) is 30.3 Å². The zero-order valence-corrected chi connectivity index (χ0v) is 17.2. The molecule has 0 radical (unpaired) electrons. The number of hydrogen-bond acceptors (Lipinski definition) is 6. The van der Waals surface area contributed by atoms with E-state index in [4.69, 9.17) is 16.3 Å². The highest BCUT2D eigenvalue weighted by molar-refractivity contribution is 6.33. The Kier molecular flexibility index (Phi) is 6.89. The van der Waals surface area contributed by atoms with Crippen LogP contribution in [0.15, 0.2) is 36.5 Å². The van der Waals surface area contributed by atoms with E-state index in [1.54, 1.807) is 21.9 Å². The van der Waals surface area contributed by atoms with Gasteiger partial charge in [0.05, 0.1) is 23.3 Å². The van der Waals surface area contributed by atoms with E-state index >= 15 is 0 Å². The molecule has 1 fully saturated rings. The summed E-state index contributed by atoms with van der Waals surface area (Å²) in [6, 6.07) is 7.04. The van der Waals surface area contributed by atoms with Gasteiger partial charge in [-0.2, -0.15) is 13.2 Å². The van der Waals surface area contributed by atoms with Crippen molar-refractivity contribution in [3.8, 4) is 5.75 Å². The third-order valence-corrected chi connectivity index (χ3v) is 5.00. The Morgan fingerprint density at radius 3 is 2.32 bits per heavy atom. The Hall–Kier alpha value is -3.01. The van der Waals surface area contributed by atoms with Crippen LogP contribution in [0.3, 0.4) is 0 Å². The minimum Gasteiger partial charge on any atom is -0.484 e. The molecule has 7 nitrogen and oxygen atoms in total. The van der Waals surface area contributed by atoms with Crippen molar-refractivity contribution in [3.05, 3.63) is 52.7 Å². The number of carbonyl (C=O) groups excluding carboxylic acids is 2. The second-order valence-electron chi connectivity index (χ2n) is 6.70. The van der Waals surface area contributed by atoms with Crippen LogP contribution >= 0.6 is 11.6 Å². The zero-order valence-electron chi connectivity index (χ0n) is 16.5. The lowest BCUT2D eigenvalue weighted by molar-refractivity contribution is -0.138. The van der Waals surface area contributed by atoms with Crippen molar-refractivity contribution in [1.82, 2.24) is 9.88 Å². The van der Waals surface area contributed by atoms with Gasteiger partial charge in [-0.1, -0.05) is 11.6 Å². The lowest BCUT2D eigenvalue weighted by Crippen LogP contribution is -2.50. The van der Waals surface area contributed by atoms with Crippen molar-refractivity contribution in [2.45, 2.75) is 6.18 Å². The molecule has 0 atom stereocenters. The summed E-state index contributed by atoms with van der Waals surface area (Å²) in [6.45, 7) is 1.26. The molecule has 166 valence electrons. The first-order valence-corrected chi connectivity index (χ1v) is 9.63. The van der Waals surface area contributed by atoms with E-state index in [0.717, 1.165) is 12.3 Å². The van der Waals surface area contributed by atoms with Crippen LogP contribution in [0.25, 0.3) is 0 Å². The molecule has 1 aliphatic heterocycles. The zero-order chi connectivity index (χ0) is 22.6. The number of pyridine rings is 1. The number of hydrogen-bond donors (Lipinski definition) is 0. The number of carbonyl (C=O) groups is 2. The summed E-state index contributed by atoms with van der Waals surface area (Å²) in [5.41, 5.74) is -0.542. The molecule has 0 N–H and O–H groups in total. The number of ether oxygens (including phenoxy) is 2. The lowest BCUT2D eigenvalue weighted by atomic mass is 10.2. The van der Waals surface area contributed by atoms with E-state index in [1.165, 1.54) is 19.2 Å². The molecular weight excluding hydrogens is 439 g/mol. The van der Waals surface area contributed by atoms with Crippen molar-refractivity contribution in [2.75, 3.05) is 44.8 Å². The Balaban J connectivity index is 1.51. The molecule has 0 saturated carbocycles. The molecule has 1 aromatic heterocycles. The van der Waals surface area contributed by atoms with E-state index < -0.39 is 17.7 Å². The third-order valence-electron chi connectivity index (χ3n) is 4.72. The van der Waals surface area contributed by atoms with Crippen molar-refractivity contribution >= 4 is 29.3 Å². The van der Waals surface area contributed by atoms with Crippen LogP contribution in [0.1, 0.15) is 15.9 Å². The summed E-state index contributed by atoms with van der Waals surface area (Å²) < 4.78 is 48.4. The second-order valence-corrected chi connectivity index (χ2v) is 7.11. The highest BCUT2D eigenvalue weighted by atomic mass is 35.5. The largest absolute Gasteiger partial charge is 0.484 e. The van der Waals surface area contributed by atoms with E-state index in [2.05, 4.69) is 9.72 Å². The molecule has 1 aliphatic rings. The monoisotopic (exact) mass is 457 g/mol. The number of halogens is 4. The quantitative estimate of drug-likeness (QED) is 0.642. The van der Waals surface area contributed by atoms with Gasteiger partial charge in [-0.15, -0.1) is 0 Å². The molecule has 1 saturated heterocycles. The fraction of sp³-hybridized carbons (Fsp3) is 0.350. The average molecular weight is 458 g/mol. The fourth-order valence-electron chi connectivity index (χ4n) is 3.03. The number of aromatic nitrogens is 1. The molecule has 0 unspecified atom stereocenters. The number of rotatable bonds is 5. The Morgan fingerprint density at radius 2 is 1.77 bits per heavy atom. The number of amides is 1. The van der Waals surface area contributed by atoms with Gasteiger partial charge < -0.3 is 19.3 Å². The first kappa shape index (κ1) is 22.7. The predicted molar refractivity (Wildman–Crippen MR) is 106 cm³/mol. The number of methoxy groups -OCH3 is 1. The molecule has 3 rings (SSSR count). The van der Waals surface area contributed by atoms with Crippen molar-refractivity contribution in [2.24, 2.45) is 0 Å². The van der Waals surface area contributed by atoms with Crippen LogP contribution < -0.4 is 9.64 Å². The normalized spacial score (nSPS) is 14.4. The van der Waals surface area contributed by atoms with Crippen molar-refractivity contribution in [1.29, 1.82) is 0 Å². The van der Waals surface area contributed by atoms with Gasteiger partial charge >= 0.3 is 12.1 Å². The molecule has 1 aromatic carbocycles. The maximum absolute atomic E-state index is 12.8. The maximum Gasteiger partial charge on any atom is 0.417 e. The summed E-state index contributed by atoms with van der Waals surface area (Å²) in [5.74, 6) is -0.0182. The number of nitrogens with zero attached hydrogens (tertiary/aromatic N) is 3. The van der Waals surface area contributed by atoms with Gasteiger partial charge in [0, 0.05) is 32.4 Å². The van der Waals surface area contributed by atoms with E-state index in [-0.39, 0.29) is 23.4 Å². The van der Waals surface area contributed by atoms with Crippen molar-refractivity contribution < 1.29 is 32.2 Å². The summed E-state index contributed by atoms with van der Waals surface area (Å²) in [4.78, 5) is 31.0. The molecule has 2 heterocycles. The van der Waals surface area contributed by atoms with Gasteiger partial charge in [0.2, 0.25) is 0 Å². The second kappa shape index (κ2) is 9.42. The fourth-order valence-corrected chi connectivity index (χ4v) is 3.31. The van der Waals surface area contributed by atoms with Gasteiger partial charge in [-0.25, -0.2) is 9.78 Å². The summed E-state index contributed by atoms with van der Waals surface area (Å²) >= 11 is 5.99. The SMILES string of the molecule is COC(=O)c1ccc(OCC(=O)N2CCN(c3ncc(C(F)(F)F)cc3Cl)CC2)cc1. The highest BCUT2D eigenvalue weighted by Gasteiger charge is 2.32. The van der Waals surface area contributed by atoms with Crippen LogP contribution in [0.5, 0.6) is 5.75 Å². The molecule has 11 heteroatoms. The minimum absolute atomic E-state index is 0.0895. The summed E-state index contributed by atoms with van der Waals surface area (Å²) in [7, 11) is 1.28. The molecule has 0 spiro atoms. The molecule has 1 amide bonds. The van der Waals surface area contributed by atoms with Gasteiger partial charge in [-0.3, -0.25) is 4.79 Å². The number of piperazine rings is 1. The molecule has 0 bridgehead atoms. The molecule has 2 aromatic rings. The third kappa shape index (κ3) is 5.57. The number of esters is 1. The molecule has 31 heavy (non-hydrogen) atoms. The Morgan fingerprint density at radius 1 is 1.13 bits per heavy atom. The number of anilines is 1. The summed E-state index contributed by atoms with van der Waals surface area (Å²) in [5, 5.41) is -0.0895.